The topological polar surface area (TPSA) is 48.9 Å². The van der Waals surface area contributed by atoms with Gasteiger partial charge in [0.15, 0.2) is 5.96 Å². The van der Waals surface area contributed by atoms with E-state index >= 15 is 0 Å². The first kappa shape index (κ1) is 25.0. The molecule has 1 unspecified atom stereocenters. The number of rotatable bonds is 10. The third-order valence-corrected chi connectivity index (χ3v) is 5.95. The number of hydrogen-bond donors (Lipinski definition) is 2. The van der Waals surface area contributed by atoms with E-state index in [1.54, 1.807) is 7.11 Å². The van der Waals surface area contributed by atoms with Crippen molar-refractivity contribution in [3.8, 4) is 0 Å². The number of piperidine rings is 1. The Bertz CT molecular complexity index is 426. The van der Waals surface area contributed by atoms with Crippen LogP contribution in [0.4, 0.5) is 0 Å². The van der Waals surface area contributed by atoms with Gasteiger partial charge < -0.3 is 20.3 Å². The first-order valence-electron chi connectivity index (χ1n) is 10.8. The van der Waals surface area contributed by atoms with Crippen LogP contribution >= 0.6 is 24.0 Å². The highest BCUT2D eigenvalue weighted by Gasteiger charge is 2.36. The molecule has 5 nitrogen and oxygen atoms in total. The van der Waals surface area contributed by atoms with Gasteiger partial charge in [-0.05, 0) is 62.8 Å². The zero-order valence-electron chi connectivity index (χ0n) is 18.1. The van der Waals surface area contributed by atoms with E-state index < -0.39 is 0 Å². The second kappa shape index (κ2) is 13.2. The van der Waals surface area contributed by atoms with Crippen LogP contribution in [0.3, 0.4) is 0 Å². The molecule has 2 aliphatic rings. The summed E-state index contributed by atoms with van der Waals surface area (Å²) in [6, 6.07) is 0. The second-order valence-electron chi connectivity index (χ2n) is 8.83. The second-order valence-corrected chi connectivity index (χ2v) is 8.83. The fraction of sp³-hybridized carbons (Fsp3) is 0.952. The Hall–Kier alpha value is -0.0800. The van der Waals surface area contributed by atoms with E-state index in [0.29, 0.717) is 5.41 Å². The van der Waals surface area contributed by atoms with Crippen molar-refractivity contribution in [2.24, 2.45) is 22.2 Å². The normalized spacial score (nSPS) is 22.9. The fourth-order valence-electron chi connectivity index (χ4n) is 4.31. The predicted octanol–water partition coefficient (Wildman–Crippen LogP) is 3.73. The number of likely N-dealkylation sites (tertiary alicyclic amines) is 1. The molecule has 0 spiro atoms. The van der Waals surface area contributed by atoms with Crippen LogP contribution in [0.1, 0.15) is 59.3 Å². The van der Waals surface area contributed by atoms with Crippen molar-refractivity contribution < 1.29 is 4.74 Å². The van der Waals surface area contributed by atoms with E-state index in [4.69, 9.17) is 9.73 Å². The van der Waals surface area contributed by atoms with Crippen LogP contribution in [-0.4, -0.2) is 63.8 Å². The first-order valence-corrected chi connectivity index (χ1v) is 10.8. The number of aliphatic imine (C=N–C) groups is 1. The minimum absolute atomic E-state index is 0. The zero-order valence-corrected chi connectivity index (χ0v) is 20.4. The Labute approximate surface area is 184 Å². The van der Waals surface area contributed by atoms with Crippen molar-refractivity contribution in [3.63, 3.8) is 0 Å². The molecule has 2 N–H and O–H groups in total. The molecule has 0 radical (unpaired) electrons. The number of nitrogens with zero attached hydrogens (tertiary/aromatic N) is 2. The zero-order chi connectivity index (χ0) is 18.8. The summed E-state index contributed by atoms with van der Waals surface area (Å²) in [5.74, 6) is 2.49. The summed E-state index contributed by atoms with van der Waals surface area (Å²) >= 11 is 0. The highest BCUT2D eigenvalue weighted by Crippen LogP contribution is 2.44. The van der Waals surface area contributed by atoms with Crippen molar-refractivity contribution in [1.82, 2.24) is 15.5 Å². The van der Waals surface area contributed by atoms with Gasteiger partial charge in [-0.25, -0.2) is 0 Å². The summed E-state index contributed by atoms with van der Waals surface area (Å²) in [4.78, 5) is 7.58. The molecule has 1 aliphatic carbocycles. The number of hydrogen-bond acceptors (Lipinski definition) is 3. The molecule has 1 saturated heterocycles. The summed E-state index contributed by atoms with van der Waals surface area (Å²) in [7, 11) is 1.80. The van der Waals surface area contributed by atoms with Crippen LogP contribution in [0, 0.1) is 17.3 Å². The Morgan fingerprint density at radius 2 is 2.04 bits per heavy atom. The van der Waals surface area contributed by atoms with Gasteiger partial charge in [-0.1, -0.05) is 20.3 Å². The van der Waals surface area contributed by atoms with Crippen LogP contribution in [0.5, 0.6) is 0 Å². The average molecular weight is 495 g/mol. The Morgan fingerprint density at radius 1 is 1.26 bits per heavy atom. The Balaban J connectivity index is 0.00000364. The van der Waals surface area contributed by atoms with Gasteiger partial charge in [0.25, 0.3) is 0 Å². The number of ether oxygens (including phenoxy) is 1. The Kier molecular flexibility index (Phi) is 12.2. The molecule has 27 heavy (non-hydrogen) atoms. The maximum Gasteiger partial charge on any atom is 0.191 e. The molecule has 0 aromatic heterocycles. The van der Waals surface area contributed by atoms with Crippen molar-refractivity contribution >= 4 is 29.9 Å². The molecule has 160 valence electrons. The molecule has 1 heterocycles. The highest BCUT2D eigenvalue weighted by atomic mass is 127. The van der Waals surface area contributed by atoms with E-state index in [9.17, 15) is 0 Å². The molecule has 2 fully saturated rings. The number of halogens is 1. The molecule has 0 bridgehead atoms. The molecule has 1 atom stereocenters. The van der Waals surface area contributed by atoms with Gasteiger partial charge in [-0.3, -0.25) is 4.99 Å². The lowest BCUT2D eigenvalue weighted by molar-refractivity contribution is 0.0778. The maximum atomic E-state index is 5.31. The van der Waals surface area contributed by atoms with E-state index in [-0.39, 0.29) is 24.0 Å². The van der Waals surface area contributed by atoms with E-state index in [2.05, 4.69) is 36.3 Å². The molecule has 0 amide bonds. The number of guanidine groups is 1. The third kappa shape index (κ3) is 8.86. The molecular formula is C21H43IN4O. The smallest absolute Gasteiger partial charge is 0.191 e. The summed E-state index contributed by atoms with van der Waals surface area (Å²) < 4.78 is 5.31. The first-order chi connectivity index (χ1) is 12.6. The highest BCUT2D eigenvalue weighted by molar-refractivity contribution is 14.0. The third-order valence-electron chi connectivity index (χ3n) is 5.95. The minimum Gasteiger partial charge on any atom is -0.385 e. The summed E-state index contributed by atoms with van der Waals surface area (Å²) in [6.07, 6.45) is 7.74. The van der Waals surface area contributed by atoms with Gasteiger partial charge in [-0.2, -0.15) is 0 Å². The molecule has 0 aromatic rings. The molecule has 1 aliphatic heterocycles. The fourth-order valence-corrected chi connectivity index (χ4v) is 4.31. The molecule has 2 rings (SSSR count). The van der Waals surface area contributed by atoms with Crippen molar-refractivity contribution in [3.05, 3.63) is 0 Å². The van der Waals surface area contributed by atoms with Gasteiger partial charge in [-0.15, -0.1) is 24.0 Å². The lowest BCUT2D eigenvalue weighted by Gasteiger charge is -2.41. The van der Waals surface area contributed by atoms with Crippen LogP contribution in [0.2, 0.25) is 0 Å². The largest absolute Gasteiger partial charge is 0.385 e. The molecule has 0 aromatic carbocycles. The van der Waals surface area contributed by atoms with Crippen molar-refractivity contribution in [1.29, 1.82) is 0 Å². The van der Waals surface area contributed by atoms with Gasteiger partial charge in [0, 0.05) is 46.4 Å². The Morgan fingerprint density at radius 3 is 2.63 bits per heavy atom. The SMILES string of the molecule is CCNC(=NCC1(CCOC)CCC1)NCC1CCCN(CC(C)C)C1.I. The van der Waals surface area contributed by atoms with Crippen LogP contribution in [-0.2, 0) is 4.74 Å². The average Bonchev–Trinajstić information content (AvgIpc) is 2.58. The van der Waals surface area contributed by atoms with Gasteiger partial charge in [0.05, 0.1) is 0 Å². The van der Waals surface area contributed by atoms with Crippen LogP contribution in [0.25, 0.3) is 0 Å². The molecule has 6 heteroatoms. The van der Waals surface area contributed by atoms with Gasteiger partial charge in [0.1, 0.15) is 0 Å². The monoisotopic (exact) mass is 494 g/mol. The summed E-state index contributed by atoms with van der Waals surface area (Å²) in [5, 5.41) is 7.06. The minimum atomic E-state index is 0. The van der Waals surface area contributed by atoms with Crippen molar-refractivity contribution in [2.75, 3.05) is 53.0 Å². The lowest BCUT2D eigenvalue weighted by atomic mass is 9.67. The van der Waals surface area contributed by atoms with E-state index in [0.717, 1.165) is 50.5 Å². The quantitative estimate of drug-likeness (QED) is 0.276. The number of methoxy groups -OCH3 is 1. The van der Waals surface area contributed by atoms with Gasteiger partial charge in [0.2, 0.25) is 0 Å². The van der Waals surface area contributed by atoms with E-state index in [1.807, 2.05) is 0 Å². The van der Waals surface area contributed by atoms with E-state index in [1.165, 1.54) is 51.7 Å². The van der Waals surface area contributed by atoms with Crippen LogP contribution in [0.15, 0.2) is 4.99 Å². The summed E-state index contributed by atoms with van der Waals surface area (Å²) in [6.45, 7) is 14.2. The maximum absolute atomic E-state index is 5.31. The van der Waals surface area contributed by atoms with Gasteiger partial charge >= 0.3 is 0 Å². The molecule has 1 saturated carbocycles. The van der Waals surface area contributed by atoms with Crippen LogP contribution < -0.4 is 10.6 Å². The lowest BCUT2D eigenvalue weighted by Crippen LogP contribution is -2.45. The predicted molar refractivity (Wildman–Crippen MR) is 126 cm³/mol. The standard InChI is InChI=1S/C21H42N4O.HI/c1-5-22-20(24-17-21(9-7-10-21)11-13-26-4)23-14-19-8-6-12-25(16-19)15-18(2)3;/h18-19H,5-17H2,1-4H3,(H2,22,23,24);1H. The molecular weight excluding hydrogens is 451 g/mol. The summed E-state index contributed by atoms with van der Waals surface area (Å²) in [5.41, 5.74) is 0.386. The van der Waals surface area contributed by atoms with Crippen molar-refractivity contribution in [2.45, 2.75) is 59.3 Å². The number of nitrogens with one attached hydrogen (secondary N) is 2.